The number of aromatic nitrogens is 2. The highest BCUT2D eigenvalue weighted by molar-refractivity contribution is 5.93. The van der Waals surface area contributed by atoms with Crippen molar-refractivity contribution >= 4 is 11.8 Å². The second-order valence-electron chi connectivity index (χ2n) is 7.99. The number of imidazole rings is 1. The van der Waals surface area contributed by atoms with Gasteiger partial charge in [-0.05, 0) is 12.8 Å². The fourth-order valence-corrected chi connectivity index (χ4v) is 4.94. The number of aryl methyl sites for hydroxylation is 1. The summed E-state index contributed by atoms with van der Waals surface area (Å²) >= 11 is 0. The van der Waals surface area contributed by atoms with Crippen molar-refractivity contribution in [1.82, 2.24) is 19.4 Å². The van der Waals surface area contributed by atoms with Crippen LogP contribution in [0.15, 0.2) is 24.5 Å². The van der Waals surface area contributed by atoms with Crippen LogP contribution in [0.4, 0.5) is 0 Å². The monoisotopic (exact) mass is 372 g/mol. The number of amides is 2. The molecule has 0 N–H and O–H groups in total. The van der Waals surface area contributed by atoms with Crippen LogP contribution in [0.3, 0.4) is 0 Å². The Morgan fingerprint density at radius 3 is 2.81 bits per heavy atom. The number of carbonyl (C=O) groups is 2. The van der Waals surface area contributed by atoms with Crippen molar-refractivity contribution in [3.63, 3.8) is 0 Å². The molecule has 7 heteroatoms. The smallest absolute Gasteiger partial charge is 0.230 e. The number of hydrogen-bond donors (Lipinski definition) is 0. The molecule has 2 saturated heterocycles. The Labute approximate surface area is 160 Å². The Morgan fingerprint density at radius 2 is 2.19 bits per heavy atom. The van der Waals surface area contributed by atoms with E-state index in [4.69, 9.17) is 4.74 Å². The van der Waals surface area contributed by atoms with Crippen LogP contribution in [-0.4, -0.2) is 62.5 Å². The van der Waals surface area contributed by atoms with Gasteiger partial charge in [-0.2, -0.15) is 0 Å². The van der Waals surface area contributed by atoms with Gasteiger partial charge in [0.2, 0.25) is 11.8 Å². The Bertz CT molecular complexity index is 784. The van der Waals surface area contributed by atoms with Gasteiger partial charge < -0.3 is 19.1 Å². The topological polar surface area (TPSA) is 67.7 Å². The Hall–Kier alpha value is -2.15. The maximum Gasteiger partial charge on any atom is 0.230 e. The van der Waals surface area contributed by atoms with Gasteiger partial charge >= 0.3 is 0 Å². The maximum absolute atomic E-state index is 13.3. The van der Waals surface area contributed by atoms with E-state index in [1.165, 1.54) is 0 Å². The molecule has 0 aromatic carbocycles. The number of hydrogen-bond acceptors (Lipinski definition) is 4. The lowest BCUT2D eigenvalue weighted by atomic mass is 9.76. The Kier molecular flexibility index (Phi) is 4.37. The van der Waals surface area contributed by atoms with Crippen molar-refractivity contribution in [2.75, 3.05) is 13.6 Å². The molecule has 1 spiro atoms. The van der Waals surface area contributed by atoms with Gasteiger partial charge in [-0.25, -0.2) is 4.98 Å². The summed E-state index contributed by atoms with van der Waals surface area (Å²) in [5.41, 5.74) is -0.630. The molecule has 2 bridgehead atoms. The van der Waals surface area contributed by atoms with E-state index in [1.54, 1.807) is 18.1 Å². The lowest BCUT2D eigenvalue weighted by Crippen LogP contribution is -2.45. The zero-order chi connectivity index (χ0) is 19.3. The van der Waals surface area contributed by atoms with Crippen LogP contribution in [0.25, 0.3) is 0 Å². The van der Waals surface area contributed by atoms with Crippen LogP contribution in [-0.2, 0) is 27.9 Å². The molecule has 3 aliphatic rings. The molecule has 1 aromatic rings. The van der Waals surface area contributed by atoms with E-state index >= 15 is 0 Å². The summed E-state index contributed by atoms with van der Waals surface area (Å²) < 4.78 is 8.13. The highest BCUT2D eigenvalue weighted by Crippen LogP contribution is 2.52. The molecular weight excluding hydrogens is 344 g/mol. The van der Waals surface area contributed by atoms with Crippen molar-refractivity contribution in [2.45, 2.75) is 51.0 Å². The molecule has 146 valence electrons. The summed E-state index contributed by atoms with van der Waals surface area (Å²) in [4.78, 5) is 34.5. The summed E-state index contributed by atoms with van der Waals surface area (Å²) in [6.45, 7) is 5.18. The molecule has 2 unspecified atom stereocenters. The molecule has 4 rings (SSSR count). The number of nitrogens with zero attached hydrogens (tertiary/aromatic N) is 4. The van der Waals surface area contributed by atoms with E-state index in [2.05, 4.69) is 18.8 Å². The third-order valence-electron chi connectivity index (χ3n) is 6.47. The largest absolute Gasteiger partial charge is 0.360 e. The molecule has 0 saturated carbocycles. The molecule has 4 atom stereocenters. The van der Waals surface area contributed by atoms with Crippen LogP contribution in [0.2, 0.25) is 0 Å². The normalized spacial score (nSPS) is 31.2. The second-order valence-corrected chi connectivity index (χ2v) is 7.99. The van der Waals surface area contributed by atoms with E-state index in [0.717, 1.165) is 18.7 Å². The number of fused-ring (bicyclic) bond motifs is 1. The molecular formula is C20H28N4O3. The van der Waals surface area contributed by atoms with Gasteiger partial charge in [0.05, 0.1) is 31.0 Å². The third kappa shape index (κ3) is 2.63. The quantitative estimate of drug-likeness (QED) is 0.707. The Balaban J connectivity index is 1.57. The van der Waals surface area contributed by atoms with Crippen molar-refractivity contribution in [3.05, 3.63) is 30.4 Å². The first-order valence-electron chi connectivity index (χ1n) is 9.80. The Morgan fingerprint density at radius 1 is 1.44 bits per heavy atom. The van der Waals surface area contributed by atoms with Gasteiger partial charge in [0.15, 0.2) is 0 Å². The van der Waals surface area contributed by atoms with Gasteiger partial charge in [-0.3, -0.25) is 9.59 Å². The number of rotatable bonds is 6. The van der Waals surface area contributed by atoms with Crippen LogP contribution < -0.4 is 0 Å². The van der Waals surface area contributed by atoms with Gasteiger partial charge in [0, 0.05) is 32.5 Å². The average molecular weight is 372 g/mol. The molecule has 2 amide bonds. The van der Waals surface area contributed by atoms with E-state index in [0.29, 0.717) is 13.1 Å². The summed E-state index contributed by atoms with van der Waals surface area (Å²) in [6, 6.07) is 0.203. The van der Waals surface area contributed by atoms with Crippen molar-refractivity contribution in [3.8, 4) is 0 Å². The van der Waals surface area contributed by atoms with E-state index in [1.807, 2.05) is 34.9 Å². The molecule has 0 radical (unpaired) electrons. The van der Waals surface area contributed by atoms with Crippen LogP contribution in [0.1, 0.15) is 32.5 Å². The van der Waals surface area contributed by atoms with Crippen molar-refractivity contribution in [2.24, 2.45) is 18.9 Å². The van der Waals surface area contributed by atoms with Crippen LogP contribution in [0, 0.1) is 11.8 Å². The zero-order valence-electron chi connectivity index (χ0n) is 16.5. The molecule has 0 aliphatic carbocycles. The SMILES string of the molecule is CCC(CC)N1C[C@]23C=C[C@H](O2)C(C(=O)N(C)Cc2nccn2C)C3C1=O. The minimum Gasteiger partial charge on any atom is -0.360 e. The van der Waals surface area contributed by atoms with Gasteiger partial charge in [-0.1, -0.05) is 26.0 Å². The fourth-order valence-electron chi connectivity index (χ4n) is 4.94. The standard InChI is InChI=1S/C20H28N4O3/c1-5-13(6-2)24-12-20-8-7-14(27-20)16(17(20)19(24)26)18(25)23(4)11-15-21-9-10-22(15)3/h7-10,13-14,16-17H,5-6,11-12H2,1-4H3/t14-,16?,17?,20-/m0/s1. The van der Waals surface area contributed by atoms with Crippen LogP contribution in [0.5, 0.6) is 0 Å². The summed E-state index contributed by atoms with van der Waals surface area (Å²) in [5.74, 6) is -0.0219. The summed E-state index contributed by atoms with van der Waals surface area (Å²) in [7, 11) is 3.69. The molecule has 3 aliphatic heterocycles. The average Bonchev–Trinajstić information content (AvgIpc) is 3.39. The third-order valence-corrected chi connectivity index (χ3v) is 6.47. The van der Waals surface area contributed by atoms with Gasteiger partial charge in [0.25, 0.3) is 0 Å². The summed E-state index contributed by atoms with van der Waals surface area (Å²) in [5, 5.41) is 0. The first kappa shape index (κ1) is 18.2. The second kappa shape index (κ2) is 6.48. The zero-order valence-corrected chi connectivity index (χ0v) is 16.5. The summed E-state index contributed by atoms with van der Waals surface area (Å²) in [6.07, 6.45) is 9.09. The van der Waals surface area contributed by atoms with Gasteiger partial charge in [-0.15, -0.1) is 0 Å². The fraction of sp³-hybridized carbons (Fsp3) is 0.650. The van der Waals surface area contributed by atoms with Gasteiger partial charge in [0.1, 0.15) is 11.4 Å². The number of carbonyl (C=O) groups excluding carboxylic acids is 2. The maximum atomic E-state index is 13.3. The van der Waals surface area contributed by atoms with E-state index < -0.39 is 17.4 Å². The first-order valence-corrected chi connectivity index (χ1v) is 9.80. The van der Waals surface area contributed by atoms with E-state index in [-0.39, 0.29) is 24.0 Å². The lowest BCUT2D eigenvalue weighted by molar-refractivity contribution is -0.143. The highest BCUT2D eigenvalue weighted by atomic mass is 16.5. The molecule has 1 aromatic heterocycles. The predicted molar refractivity (Wildman–Crippen MR) is 99.5 cm³/mol. The minimum atomic E-state index is -0.630. The van der Waals surface area contributed by atoms with Crippen molar-refractivity contribution in [1.29, 1.82) is 0 Å². The predicted octanol–water partition coefficient (Wildman–Crippen LogP) is 1.35. The molecule has 4 heterocycles. The lowest BCUT2D eigenvalue weighted by Gasteiger charge is -2.29. The van der Waals surface area contributed by atoms with Crippen molar-refractivity contribution < 1.29 is 14.3 Å². The first-order chi connectivity index (χ1) is 12.9. The minimum absolute atomic E-state index is 0.0426. The molecule has 2 fully saturated rings. The number of likely N-dealkylation sites (tertiary alicyclic amines) is 1. The molecule has 7 nitrogen and oxygen atoms in total. The highest BCUT2D eigenvalue weighted by Gasteiger charge is 2.67. The number of ether oxygens (including phenoxy) is 1. The molecule has 27 heavy (non-hydrogen) atoms. The van der Waals surface area contributed by atoms with Crippen LogP contribution >= 0.6 is 0 Å². The van der Waals surface area contributed by atoms with E-state index in [9.17, 15) is 9.59 Å².